The predicted octanol–water partition coefficient (Wildman–Crippen LogP) is 5.08. The average molecular weight is 452 g/mol. The van der Waals surface area contributed by atoms with Crippen LogP contribution in [0.2, 0.25) is 0 Å². The first-order chi connectivity index (χ1) is 12.3. The van der Waals surface area contributed by atoms with Crippen LogP contribution in [0.3, 0.4) is 0 Å². The molecule has 1 aromatic rings. The Labute approximate surface area is 175 Å². The smallest absolute Gasteiger partial charge is 0.277 e. The number of ketones is 1. The number of nitrogens with zero attached hydrogens (tertiary/aromatic N) is 2. The number of rotatable bonds is 2. The Bertz CT molecular complexity index is 887. The van der Waals surface area contributed by atoms with Crippen LogP contribution >= 0.6 is 46.4 Å². The number of benzene rings is 1. The van der Waals surface area contributed by atoms with Crippen LogP contribution in [-0.4, -0.2) is 32.6 Å². The summed E-state index contributed by atoms with van der Waals surface area (Å²) in [6.07, 6.45) is 0. The minimum absolute atomic E-state index is 0.0744. The number of allylic oxidation sites excluding steroid dienone is 2. The monoisotopic (exact) mass is 450 g/mol. The van der Waals surface area contributed by atoms with Crippen LogP contribution < -0.4 is 0 Å². The van der Waals surface area contributed by atoms with Crippen molar-refractivity contribution in [2.24, 2.45) is 10.4 Å². The quantitative estimate of drug-likeness (QED) is 0.356. The zero-order chi connectivity index (χ0) is 20.7. The van der Waals surface area contributed by atoms with Crippen LogP contribution in [0.15, 0.2) is 39.3 Å². The Kier molecular flexibility index (Phi) is 6.07. The van der Waals surface area contributed by atoms with Crippen LogP contribution in [0.1, 0.15) is 31.1 Å². The van der Waals surface area contributed by atoms with Crippen molar-refractivity contribution in [1.82, 2.24) is 0 Å². The second kappa shape index (κ2) is 7.51. The van der Waals surface area contributed by atoms with E-state index in [1.165, 1.54) is 24.3 Å². The molecule has 2 atom stereocenters. The largest absolute Gasteiger partial charge is 0.291 e. The molecular formula is C17H14Cl4N2O4. The van der Waals surface area contributed by atoms with Crippen molar-refractivity contribution in [3.05, 3.63) is 50.0 Å². The van der Waals surface area contributed by atoms with E-state index < -0.39 is 32.3 Å². The van der Waals surface area contributed by atoms with Crippen molar-refractivity contribution in [3.8, 4) is 0 Å². The molecule has 0 aliphatic heterocycles. The van der Waals surface area contributed by atoms with Crippen molar-refractivity contribution in [2.45, 2.75) is 31.0 Å². The molecule has 1 aliphatic carbocycles. The zero-order valence-corrected chi connectivity index (χ0v) is 17.4. The maximum absolute atomic E-state index is 12.6. The van der Waals surface area contributed by atoms with E-state index >= 15 is 0 Å². The number of hydrogen-bond acceptors (Lipinski definition) is 4. The summed E-state index contributed by atoms with van der Waals surface area (Å²) >= 11 is 25.1. The maximum Gasteiger partial charge on any atom is 0.277 e. The van der Waals surface area contributed by atoms with Gasteiger partial charge in [-0.15, -0.1) is 23.2 Å². The molecule has 0 N–H and O–H groups in total. The van der Waals surface area contributed by atoms with E-state index in [0.29, 0.717) is 0 Å². The molecule has 1 aliphatic rings. The summed E-state index contributed by atoms with van der Waals surface area (Å²) in [7, 11) is 0. The molecule has 6 nitrogen and oxygen atoms in total. The fourth-order valence-corrected chi connectivity index (χ4v) is 3.88. The van der Waals surface area contributed by atoms with Crippen LogP contribution in [0.4, 0.5) is 5.69 Å². The normalized spacial score (nSPS) is 25.1. The lowest BCUT2D eigenvalue weighted by Crippen LogP contribution is -2.57. The highest BCUT2D eigenvalue weighted by atomic mass is 35.5. The van der Waals surface area contributed by atoms with Crippen molar-refractivity contribution in [2.75, 3.05) is 0 Å². The number of carbonyl (C=O) groups excluding carboxylic acids is 2. The highest BCUT2D eigenvalue weighted by Gasteiger charge is 2.58. The van der Waals surface area contributed by atoms with Crippen molar-refractivity contribution >= 4 is 69.5 Å². The molecule has 0 aromatic heterocycles. The van der Waals surface area contributed by atoms with E-state index in [1.54, 1.807) is 20.8 Å². The van der Waals surface area contributed by atoms with Crippen LogP contribution in [0, 0.1) is 15.5 Å². The fourth-order valence-electron chi connectivity index (χ4n) is 2.51. The molecule has 27 heavy (non-hydrogen) atoms. The lowest BCUT2D eigenvalue weighted by Gasteiger charge is -2.43. The molecule has 0 saturated carbocycles. The molecule has 0 spiro atoms. The van der Waals surface area contributed by atoms with Gasteiger partial charge in [-0.3, -0.25) is 19.7 Å². The SMILES string of the molecule is CC(C)(C)[C@]1(Cl)C(=O)C(Cl)=C(Cl)C(=NC(=O)c2ccc([N+](=O)[O-])cc2)[C@H]1Cl. The van der Waals surface area contributed by atoms with Gasteiger partial charge in [-0.05, 0) is 17.5 Å². The third-order valence-electron chi connectivity index (χ3n) is 4.18. The molecular weight excluding hydrogens is 438 g/mol. The van der Waals surface area contributed by atoms with Crippen LogP contribution in [0.25, 0.3) is 0 Å². The van der Waals surface area contributed by atoms with Gasteiger partial charge in [-0.1, -0.05) is 44.0 Å². The Balaban J connectivity index is 2.53. The van der Waals surface area contributed by atoms with Gasteiger partial charge in [-0.25, -0.2) is 4.99 Å². The van der Waals surface area contributed by atoms with Gasteiger partial charge in [0, 0.05) is 17.7 Å². The number of halogens is 4. The molecule has 0 radical (unpaired) electrons. The average Bonchev–Trinajstić information content (AvgIpc) is 2.60. The van der Waals surface area contributed by atoms with Crippen LogP contribution in [-0.2, 0) is 4.79 Å². The standard InChI is InChI=1S/C17H14Cl4N2O4/c1-16(2,3)17(21)13(20)12(10(18)11(19)14(17)24)22-15(25)8-4-6-9(7-5-8)23(26)27/h4-7,13H,1-3H3/t13-,17-/m1/s1. The minimum Gasteiger partial charge on any atom is -0.291 e. The molecule has 144 valence electrons. The van der Waals surface area contributed by atoms with Crippen molar-refractivity contribution < 1.29 is 14.5 Å². The Morgan fingerprint density at radius 1 is 1.19 bits per heavy atom. The number of Topliss-reactive ketones (excluding diaryl/α,β-unsaturated/α-hetero) is 1. The first kappa shape index (κ1) is 21.8. The fraction of sp³-hybridized carbons (Fsp3) is 0.353. The highest BCUT2D eigenvalue weighted by Crippen LogP contribution is 2.49. The van der Waals surface area contributed by atoms with E-state index in [-0.39, 0.29) is 27.0 Å². The number of nitro benzene ring substituents is 1. The highest BCUT2D eigenvalue weighted by molar-refractivity contribution is 6.65. The molecule has 0 heterocycles. The number of aliphatic imine (C=N–C) groups is 1. The van der Waals surface area contributed by atoms with Gasteiger partial charge in [0.2, 0.25) is 0 Å². The third-order valence-corrected chi connectivity index (χ3v) is 6.62. The topological polar surface area (TPSA) is 89.6 Å². The number of alkyl halides is 2. The van der Waals surface area contributed by atoms with E-state index in [1.807, 2.05) is 0 Å². The first-order valence-corrected chi connectivity index (χ1v) is 9.20. The van der Waals surface area contributed by atoms with Crippen LogP contribution in [0.5, 0.6) is 0 Å². The Hall–Kier alpha value is -1.47. The molecule has 0 unspecified atom stereocenters. The molecule has 1 amide bonds. The lowest BCUT2D eigenvalue weighted by atomic mass is 9.71. The summed E-state index contributed by atoms with van der Waals surface area (Å²) in [5.41, 5.74) is -1.06. The second-order valence-electron chi connectivity index (χ2n) is 6.89. The number of non-ortho nitro benzene ring substituents is 1. The van der Waals surface area contributed by atoms with Gasteiger partial charge in [0.1, 0.15) is 15.3 Å². The summed E-state index contributed by atoms with van der Waals surface area (Å²) in [6.45, 7) is 5.10. The van der Waals surface area contributed by atoms with Gasteiger partial charge >= 0.3 is 0 Å². The van der Waals surface area contributed by atoms with Gasteiger partial charge in [0.05, 0.1) is 15.7 Å². The van der Waals surface area contributed by atoms with Crippen molar-refractivity contribution in [3.63, 3.8) is 0 Å². The van der Waals surface area contributed by atoms with Gasteiger partial charge in [0.25, 0.3) is 11.6 Å². The summed E-state index contributed by atoms with van der Waals surface area (Å²) in [5.74, 6) is -1.40. The molecule has 0 fully saturated rings. The van der Waals surface area contributed by atoms with E-state index in [2.05, 4.69) is 4.99 Å². The number of nitro groups is 1. The number of amides is 1. The molecule has 1 aromatic carbocycles. The van der Waals surface area contributed by atoms with Crippen molar-refractivity contribution in [1.29, 1.82) is 0 Å². The van der Waals surface area contributed by atoms with E-state index in [9.17, 15) is 19.7 Å². The Morgan fingerprint density at radius 3 is 2.15 bits per heavy atom. The van der Waals surface area contributed by atoms with Gasteiger partial charge < -0.3 is 0 Å². The van der Waals surface area contributed by atoms with Gasteiger partial charge in [-0.2, -0.15) is 0 Å². The summed E-state index contributed by atoms with van der Waals surface area (Å²) in [4.78, 5) is 37.4. The molecule has 2 rings (SSSR count). The number of hydrogen-bond donors (Lipinski definition) is 0. The first-order valence-electron chi connectivity index (χ1n) is 7.63. The van der Waals surface area contributed by atoms with E-state index in [0.717, 1.165) is 0 Å². The molecule has 0 saturated heterocycles. The summed E-state index contributed by atoms with van der Waals surface area (Å²) in [6, 6.07) is 4.83. The predicted molar refractivity (Wildman–Crippen MR) is 106 cm³/mol. The number of carbonyl (C=O) groups is 2. The zero-order valence-electron chi connectivity index (χ0n) is 14.4. The Morgan fingerprint density at radius 2 is 1.70 bits per heavy atom. The molecule has 10 heteroatoms. The minimum atomic E-state index is -1.67. The molecule has 0 bridgehead atoms. The summed E-state index contributed by atoms with van der Waals surface area (Å²) in [5, 5.41) is 8.88. The van der Waals surface area contributed by atoms with E-state index in [4.69, 9.17) is 46.4 Å². The maximum atomic E-state index is 12.6. The third kappa shape index (κ3) is 3.76. The summed E-state index contributed by atoms with van der Waals surface area (Å²) < 4.78 is 0. The van der Waals surface area contributed by atoms with Gasteiger partial charge in [0.15, 0.2) is 5.78 Å². The lowest BCUT2D eigenvalue weighted by molar-refractivity contribution is -0.384. The second-order valence-corrected chi connectivity index (χ2v) is 8.68.